The number of carbonyl (C=O) groups is 1. The Morgan fingerprint density at radius 3 is 2.56 bits per heavy atom. The molecule has 0 saturated carbocycles. The number of benzene rings is 1. The first-order chi connectivity index (χ1) is 12.7. The number of halogens is 1. The molecule has 4 nitrogen and oxygen atoms in total. The number of fused-ring (bicyclic) bond motifs is 1. The summed E-state index contributed by atoms with van der Waals surface area (Å²) >= 11 is 7.90. The summed E-state index contributed by atoms with van der Waals surface area (Å²) in [4.78, 5) is 14.3. The summed E-state index contributed by atoms with van der Waals surface area (Å²) in [5, 5.41) is 5.35. The van der Waals surface area contributed by atoms with Crippen LogP contribution in [0.15, 0.2) is 17.5 Å². The fraction of sp³-hybridized carbons (Fsp3) is 0.476. The SMILES string of the molecule is COc1cc(OC)c(NC(=O)c2csc3c2CC[C@@H](C(C)(C)C)C3)cc1Cl. The van der Waals surface area contributed by atoms with E-state index >= 15 is 0 Å². The summed E-state index contributed by atoms with van der Waals surface area (Å²) in [6, 6.07) is 3.33. The molecule has 1 N–H and O–H groups in total. The summed E-state index contributed by atoms with van der Waals surface area (Å²) in [5.74, 6) is 1.55. The van der Waals surface area contributed by atoms with Crippen molar-refractivity contribution >= 4 is 34.5 Å². The van der Waals surface area contributed by atoms with E-state index in [1.54, 1.807) is 37.7 Å². The van der Waals surface area contributed by atoms with Crippen LogP contribution in [0.4, 0.5) is 5.69 Å². The minimum atomic E-state index is -0.124. The Balaban J connectivity index is 1.83. The zero-order valence-corrected chi connectivity index (χ0v) is 18.0. The van der Waals surface area contributed by atoms with Crippen LogP contribution in [0.25, 0.3) is 0 Å². The summed E-state index contributed by atoms with van der Waals surface area (Å²) in [7, 11) is 3.10. The molecular weight excluding hydrogens is 382 g/mol. The number of amides is 1. The molecule has 27 heavy (non-hydrogen) atoms. The fourth-order valence-electron chi connectivity index (χ4n) is 3.59. The molecule has 1 aliphatic rings. The molecule has 1 atom stereocenters. The number of ether oxygens (including phenoxy) is 2. The molecule has 1 aromatic heterocycles. The highest BCUT2D eigenvalue weighted by molar-refractivity contribution is 7.10. The molecule has 0 spiro atoms. The van der Waals surface area contributed by atoms with Crippen LogP contribution in [0.5, 0.6) is 11.5 Å². The van der Waals surface area contributed by atoms with E-state index in [-0.39, 0.29) is 11.3 Å². The van der Waals surface area contributed by atoms with Crippen molar-refractivity contribution in [3.8, 4) is 11.5 Å². The largest absolute Gasteiger partial charge is 0.495 e. The molecule has 0 fully saturated rings. The van der Waals surface area contributed by atoms with Crippen LogP contribution in [0.2, 0.25) is 5.02 Å². The lowest BCUT2D eigenvalue weighted by atomic mass is 9.72. The summed E-state index contributed by atoms with van der Waals surface area (Å²) in [6.45, 7) is 6.89. The molecule has 0 unspecified atom stereocenters. The monoisotopic (exact) mass is 407 g/mol. The lowest BCUT2D eigenvalue weighted by molar-refractivity contribution is 0.102. The molecule has 1 amide bonds. The molecule has 0 saturated heterocycles. The Labute approximate surface area is 169 Å². The van der Waals surface area contributed by atoms with Crippen molar-refractivity contribution in [3.63, 3.8) is 0 Å². The predicted molar refractivity (Wildman–Crippen MR) is 112 cm³/mol. The maximum atomic E-state index is 12.9. The van der Waals surface area contributed by atoms with E-state index in [1.807, 2.05) is 5.38 Å². The summed E-state index contributed by atoms with van der Waals surface area (Å²) in [5.41, 5.74) is 2.78. The predicted octanol–water partition coefficient (Wildman–Crippen LogP) is 5.82. The molecule has 1 heterocycles. The molecule has 2 aromatic rings. The van der Waals surface area contributed by atoms with Gasteiger partial charge < -0.3 is 14.8 Å². The highest BCUT2D eigenvalue weighted by Crippen LogP contribution is 2.41. The second-order valence-electron chi connectivity index (χ2n) is 8.00. The van der Waals surface area contributed by atoms with Crippen LogP contribution < -0.4 is 14.8 Å². The number of anilines is 1. The lowest BCUT2D eigenvalue weighted by Crippen LogP contribution is -2.27. The van der Waals surface area contributed by atoms with Gasteiger partial charge in [0.25, 0.3) is 5.91 Å². The Morgan fingerprint density at radius 1 is 1.22 bits per heavy atom. The number of nitrogens with one attached hydrogen (secondary N) is 1. The van der Waals surface area contributed by atoms with Gasteiger partial charge in [-0.2, -0.15) is 0 Å². The standard InChI is InChI=1S/C21H26ClNO3S/c1-21(2,3)12-6-7-13-14(11-27-19(13)8-12)20(24)23-16-9-15(22)17(25-4)10-18(16)26-5/h9-12H,6-8H2,1-5H3,(H,23,24)/t12-/m1/s1. The number of carbonyl (C=O) groups excluding carboxylic acids is 1. The van der Waals surface area contributed by atoms with Gasteiger partial charge in [0.05, 0.1) is 30.5 Å². The summed E-state index contributed by atoms with van der Waals surface area (Å²) < 4.78 is 10.6. The van der Waals surface area contributed by atoms with E-state index < -0.39 is 0 Å². The van der Waals surface area contributed by atoms with E-state index in [0.717, 1.165) is 24.8 Å². The molecular formula is C21H26ClNO3S. The highest BCUT2D eigenvalue weighted by atomic mass is 35.5. The number of thiophene rings is 1. The van der Waals surface area contributed by atoms with Crippen molar-refractivity contribution in [2.45, 2.75) is 40.0 Å². The Hall–Kier alpha value is -1.72. The van der Waals surface area contributed by atoms with Crippen molar-refractivity contribution in [3.05, 3.63) is 38.5 Å². The van der Waals surface area contributed by atoms with Crippen LogP contribution in [-0.2, 0) is 12.8 Å². The van der Waals surface area contributed by atoms with Crippen molar-refractivity contribution in [1.82, 2.24) is 0 Å². The quantitative estimate of drug-likeness (QED) is 0.694. The van der Waals surface area contributed by atoms with Crippen LogP contribution in [-0.4, -0.2) is 20.1 Å². The minimum absolute atomic E-state index is 0.124. The first kappa shape index (κ1) is 20.0. The topological polar surface area (TPSA) is 47.6 Å². The van der Waals surface area contributed by atoms with Crippen molar-refractivity contribution in [1.29, 1.82) is 0 Å². The van der Waals surface area contributed by atoms with Gasteiger partial charge in [-0.3, -0.25) is 4.79 Å². The molecule has 1 aliphatic carbocycles. The average molecular weight is 408 g/mol. The van der Waals surface area contributed by atoms with Crippen LogP contribution in [0.3, 0.4) is 0 Å². The van der Waals surface area contributed by atoms with Gasteiger partial charge in [0.15, 0.2) is 0 Å². The van der Waals surface area contributed by atoms with Crippen LogP contribution >= 0.6 is 22.9 Å². The molecule has 0 aliphatic heterocycles. The van der Waals surface area contributed by atoms with Gasteiger partial charge in [0.1, 0.15) is 11.5 Å². The Bertz CT molecular complexity index is 854. The van der Waals surface area contributed by atoms with E-state index in [4.69, 9.17) is 21.1 Å². The van der Waals surface area contributed by atoms with Gasteiger partial charge in [-0.25, -0.2) is 0 Å². The molecule has 6 heteroatoms. The molecule has 146 valence electrons. The van der Waals surface area contributed by atoms with E-state index in [1.165, 1.54) is 10.4 Å². The zero-order chi connectivity index (χ0) is 19.8. The van der Waals surface area contributed by atoms with Gasteiger partial charge in [0.2, 0.25) is 0 Å². The van der Waals surface area contributed by atoms with Gasteiger partial charge in [-0.05, 0) is 42.2 Å². The first-order valence-electron chi connectivity index (χ1n) is 9.06. The average Bonchev–Trinajstić information content (AvgIpc) is 3.04. The van der Waals surface area contributed by atoms with Gasteiger partial charge in [-0.1, -0.05) is 32.4 Å². The molecule has 0 bridgehead atoms. The molecule has 3 rings (SSSR count). The third kappa shape index (κ3) is 4.09. The van der Waals surface area contributed by atoms with Crippen LogP contribution in [0.1, 0.15) is 48.0 Å². The molecule has 0 radical (unpaired) electrons. The van der Waals surface area contributed by atoms with Crippen LogP contribution in [0, 0.1) is 11.3 Å². The normalized spacial score (nSPS) is 16.6. The zero-order valence-electron chi connectivity index (χ0n) is 16.4. The van der Waals surface area contributed by atoms with Gasteiger partial charge in [-0.15, -0.1) is 11.3 Å². The number of methoxy groups -OCH3 is 2. The smallest absolute Gasteiger partial charge is 0.256 e. The van der Waals surface area contributed by atoms with Crippen molar-refractivity contribution in [2.75, 3.05) is 19.5 Å². The maximum Gasteiger partial charge on any atom is 0.256 e. The number of rotatable bonds is 4. The van der Waals surface area contributed by atoms with Gasteiger partial charge >= 0.3 is 0 Å². The maximum absolute atomic E-state index is 12.9. The Kier molecular flexibility index (Phi) is 5.73. The molecule has 1 aromatic carbocycles. The number of hydrogen-bond donors (Lipinski definition) is 1. The Morgan fingerprint density at radius 2 is 1.93 bits per heavy atom. The number of hydrogen-bond acceptors (Lipinski definition) is 4. The third-order valence-corrected chi connectivity index (χ3v) is 6.69. The summed E-state index contributed by atoms with van der Waals surface area (Å²) in [6.07, 6.45) is 3.11. The van der Waals surface area contributed by atoms with Crippen molar-refractivity contribution in [2.24, 2.45) is 11.3 Å². The highest BCUT2D eigenvalue weighted by Gasteiger charge is 2.31. The van der Waals surface area contributed by atoms with E-state index in [2.05, 4.69) is 26.1 Å². The van der Waals surface area contributed by atoms with Crippen molar-refractivity contribution < 1.29 is 14.3 Å². The first-order valence-corrected chi connectivity index (χ1v) is 10.3. The van der Waals surface area contributed by atoms with E-state index in [9.17, 15) is 4.79 Å². The fourth-order valence-corrected chi connectivity index (χ4v) is 4.99. The third-order valence-electron chi connectivity index (χ3n) is 5.35. The van der Waals surface area contributed by atoms with E-state index in [0.29, 0.717) is 28.1 Å². The second-order valence-corrected chi connectivity index (χ2v) is 9.37. The van der Waals surface area contributed by atoms with Gasteiger partial charge in [0, 0.05) is 16.3 Å². The minimum Gasteiger partial charge on any atom is -0.495 e. The lowest BCUT2D eigenvalue weighted by Gasteiger charge is -2.34. The second kappa shape index (κ2) is 7.72.